The lowest BCUT2D eigenvalue weighted by Crippen LogP contribution is -2.29. The van der Waals surface area contributed by atoms with Crippen LogP contribution < -0.4 is 10.2 Å². The summed E-state index contributed by atoms with van der Waals surface area (Å²) >= 11 is 1.82. The highest BCUT2D eigenvalue weighted by atomic mass is 32.1. The normalized spacial score (nSPS) is 17.1. The second kappa shape index (κ2) is 6.60. The number of fused-ring (bicyclic) bond motifs is 3. The van der Waals surface area contributed by atoms with Gasteiger partial charge in [0.25, 0.3) is 0 Å². The van der Waals surface area contributed by atoms with Crippen LogP contribution in [0.3, 0.4) is 0 Å². The van der Waals surface area contributed by atoms with Crippen LogP contribution in [-0.2, 0) is 17.6 Å². The van der Waals surface area contributed by atoms with Crippen LogP contribution in [0.4, 0.5) is 5.95 Å². The maximum atomic E-state index is 11.7. The molecule has 5 nitrogen and oxygen atoms in total. The number of carbonyl (C=O) groups is 1. The Labute approximate surface area is 162 Å². The third-order valence-electron chi connectivity index (χ3n) is 5.47. The predicted octanol–water partition coefficient (Wildman–Crippen LogP) is 3.48. The highest BCUT2D eigenvalue weighted by Gasteiger charge is 2.25. The summed E-state index contributed by atoms with van der Waals surface area (Å²) < 4.78 is 0. The van der Waals surface area contributed by atoms with Crippen molar-refractivity contribution in [3.05, 3.63) is 40.3 Å². The summed E-state index contributed by atoms with van der Waals surface area (Å²) in [5.41, 5.74) is 4.88. The van der Waals surface area contributed by atoms with E-state index in [4.69, 9.17) is 9.97 Å². The van der Waals surface area contributed by atoms with Gasteiger partial charge in [-0.3, -0.25) is 4.79 Å². The predicted molar refractivity (Wildman–Crippen MR) is 109 cm³/mol. The van der Waals surface area contributed by atoms with E-state index in [1.165, 1.54) is 27.8 Å². The van der Waals surface area contributed by atoms with E-state index in [9.17, 15) is 4.79 Å². The first-order valence-corrected chi connectivity index (χ1v) is 10.4. The Morgan fingerprint density at radius 3 is 2.78 bits per heavy atom. The van der Waals surface area contributed by atoms with E-state index in [1.807, 2.05) is 11.3 Å². The Morgan fingerprint density at radius 2 is 1.93 bits per heavy atom. The molecule has 3 aromatic rings. The molecular weight excluding hydrogens is 356 g/mol. The highest BCUT2D eigenvalue weighted by Crippen LogP contribution is 2.41. The molecule has 0 radical (unpaired) electrons. The van der Waals surface area contributed by atoms with Crippen LogP contribution >= 0.6 is 11.3 Å². The van der Waals surface area contributed by atoms with E-state index in [0.717, 1.165) is 41.4 Å². The summed E-state index contributed by atoms with van der Waals surface area (Å²) in [7, 11) is 0. The van der Waals surface area contributed by atoms with Crippen LogP contribution in [0, 0.1) is 6.92 Å². The molecular formula is C21H22N4OS. The van der Waals surface area contributed by atoms with Crippen molar-refractivity contribution >= 4 is 33.4 Å². The zero-order valence-corrected chi connectivity index (χ0v) is 16.2. The molecule has 1 aliphatic heterocycles. The SMILES string of the molecule is Cc1ccc(-c2nc(N3CCNC(=O)CC3)nc3sc4c(c23)CCC4)cc1. The standard InChI is InChI=1S/C21H22N4OS/c1-13-5-7-14(8-6-13)19-18-15-3-2-4-16(15)27-20(18)24-21(23-19)25-11-9-17(26)22-10-12-25/h5-8H,2-4,9-12H2,1H3,(H,22,26). The molecule has 1 aromatic carbocycles. The minimum atomic E-state index is 0.104. The van der Waals surface area contributed by atoms with Crippen molar-refractivity contribution in [3.63, 3.8) is 0 Å². The maximum Gasteiger partial charge on any atom is 0.227 e. The molecule has 1 aliphatic carbocycles. The van der Waals surface area contributed by atoms with Crippen molar-refractivity contribution in [2.45, 2.75) is 32.6 Å². The number of hydrogen-bond donors (Lipinski definition) is 1. The average molecular weight is 379 g/mol. The van der Waals surface area contributed by atoms with Crippen molar-refractivity contribution in [2.75, 3.05) is 24.5 Å². The number of nitrogens with zero attached hydrogens (tertiary/aromatic N) is 3. The van der Waals surface area contributed by atoms with Crippen LogP contribution in [0.5, 0.6) is 0 Å². The lowest BCUT2D eigenvalue weighted by atomic mass is 10.0. The fourth-order valence-corrected chi connectivity index (χ4v) is 5.27. The molecule has 0 saturated carbocycles. The van der Waals surface area contributed by atoms with E-state index >= 15 is 0 Å². The molecule has 2 aliphatic rings. The number of benzene rings is 1. The maximum absolute atomic E-state index is 11.7. The van der Waals surface area contributed by atoms with Crippen molar-refractivity contribution in [2.24, 2.45) is 0 Å². The summed E-state index contributed by atoms with van der Waals surface area (Å²) in [6, 6.07) is 8.61. The van der Waals surface area contributed by atoms with E-state index in [0.29, 0.717) is 19.5 Å². The molecule has 1 amide bonds. The molecule has 3 heterocycles. The number of anilines is 1. The van der Waals surface area contributed by atoms with Crippen LogP contribution in [0.2, 0.25) is 0 Å². The zero-order chi connectivity index (χ0) is 18.4. The summed E-state index contributed by atoms with van der Waals surface area (Å²) in [5.74, 6) is 0.849. The smallest absolute Gasteiger partial charge is 0.227 e. The van der Waals surface area contributed by atoms with Gasteiger partial charge in [0, 0.05) is 41.9 Å². The van der Waals surface area contributed by atoms with Gasteiger partial charge < -0.3 is 10.2 Å². The molecule has 0 atom stereocenters. The number of aromatic nitrogens is 2. The van der Waals surface area contributed by atoms with Gasteiger partial charge in [0.05, 0.1) is 5.69 Å². The average Bonchev–Trinajstić information content (AvgIpc) is 3.18. The van der Waals surface area contributed by atoms with E-state index in [1.54, 1.807) is 0 Å². The molecule has 0 unspecified atom stereocenters. The van der Waals surface area contributed by atoms with Crippen molar-refractivity contribution in [1.29, 1.82) is 0 Å². The second-order valence-corrected chi connectivity index (χ2v) is 8.45. The number of rotatable bonds is 2. The summed E-state index contributed by atoms with van der Waals surface area (Å²) in [6.07, 6.45) is 3.99. The lowest BCUT2D eigenvalue weighted by Gasteiger charge is -2.20. The minimum absolute atomic E-state index is 0.104. The van der Waals surface area contributed by atoms with Crippen LogP contribution in [0.15, 0.2) is 24.3 Å². The van der Waals surface area contributed by atoms with Gasteiger partial charge in [-0.2, -0.15) is 0 Å². The highest BCUT2D eigenvalue weighted by molar-refractivity contribution is 7.19. The molecule has 1 N–H and O–H groups in total. The van der Waals surface area contributed by atoms with Gasteiger partial charge in [0.1, 0.15) is 4.83 Å². The number of aryl methyl sites for hydroxylation is 3. The second-order valence-electron chi connectivity index (χ2n) is 7.36. The van der Waals surface area contributed by atoms with Gasteiger partial charge >= 0.3 is 0 Å². The molecule has 2 aromatic heterocycles. The monoisotopic (exact) mass is 378 g/mol. The summed E-state index contributed by atoms with van der Waals surface area (Å²) in [4.78, 5) is 26.4. The molecule has 0 spiro atoms. The number of hydrogen-bond acceptors (Lipinski definition) is 5. The van der Waals surface area contributed by atoms with Gasteiger partial charge in [0.2, 0.25) is 11.9 Å². The number of amides is 1. The van der Waals surface area contributed by atoms with Gasteiger partial charge in [-0.05, 0) is 31.7 Å². The molecule has 138 valence electrons. The van der Waals surface area contributed by atoms with E-state index < -0.39 is 0 Å². The molecule has 6 heteroatoms. The fourth-order valence-electron chi connectivity index (χ4n) is 4.01. The fraction of sp³-hybridized carbons (Fsp3) is 0.381. The molecule has 0 bridgehead atoms. The number of nitrogens with one attached hydrogen (secondary N) is 1. The van der Waals surface area contributed by atoms with Gasteiger partial charge in [-0.1, -0.05) is 29.8 Å². The molecule has 27 heavy (non-hydrogen) atoms. The first-order chi connectivity index (χ1) is 13.2. The van der Waals surface area contributed by atoms with Gasteiger partial charge in [-0.15, -0.1) is 11.3 Å². The van der Waals surface area contributed by atoms with Crippen molar-refractivity contribution in [1.82, 2.24) is 15.3 Å². The Hall–Kier alpha value is -2.47. The Bertz CT molecular complexity index is 1020. The molecule has 1 saturated heterocycles. The first kappa shape index (κ1) is 16.7. The van der Waals surface area contributed by atoms with Crippen molar-refractivity contribution in [3.8, 4) is 11.3 Å². The third kappa shape index (κ3) is 2.98. The lowest BCUT2D eigenvalue weighted by molar-refractivity contribution is -0.120. The first-order valence-electron chi connectivity index (χ1n) is 9.60. The van der Waals surface area contributed by atoms with Crippen LogP contribution in [-0.4, -0.2) is 35.5 Å². The molecule has 5 rings (SSSR count). The number of carbonyl (C=O) groups excluding carboxylic acids is 1. The largest absolute Gasteiger partial charge is 0.354 e. The van der Waals surface area contributed by atoms with E-state index in [2.05, 4.69) is 41.4 Å². The summed E-state index contributed by atoms with van der Waals surface area (Å²) in [6.45, 7) is 4.15. The Kier molecular flexibility index (Phi) is 4.08. The third-order valence-corrected chi connectivity index (χ3v) is 6.66. The number of thiophene rings is 1. The minimum Gasteiger partial charge on any atom is -0.354 e. The van der Waals surface area contributed by atoms with Crippen LogP contribution in [0.1, 0.15) is 28.8 Å². The van der Waals surface area contributed by atoms with Gasteiger partial charge in [-0.25, -0.2) is 9.97 Å². The molecule has 1 fully saturated rings. The Morgan fingerprint density at radius 1 is 1.07 bits per heavy atom. The Balaban J connectivity index is 1.67. The van der Waals surface area contributed by atoms with Gasteiger partial charge in [0.15, 0.2) is 0 Å². The quantitative estimate of drug-likeness (QED) is 0.742. The topological polar surface area (TPSA) is 58.1 Å². The zero-order valence-electron chi connectivity index (χ0n) is 15.4. The summed E-state index contributed by atoms with van der Waals surface area (Å²) in [5, 5.41) is 4.17. The van der Waals surface area contributed by atoms with Crippen LogP contribution in [0.25, 0.3) is 21.5 Å². The van der Waals surface area contributed by atoms with Crippen molar-refractivity contribution < 1.29 is 4.79 Å². The van der Waals surface area contributed by atoms with E-state index in [-0.39, 0.29) is 5.91 Å².